The Balaban J connectivity index is 1.77. The topological polar surface area (TPSA) is 86.7 Å². The van der Waals surface area contributed by atoms with Crippen LogP contribution in [0, 0.1) is 0 Å². The van der Waals surface area contributed by atoms with Crippen molar-refractivity contribution < 1.29 is 27.5 Å². The minimum atomic E-state index is -3.92. The third-order valence-corrected chi connectivity index (χ3v) is 7.59. The van der Waals surface area contributed by atoms with Crippen LogP contribution >= 0.6 is 0 Å². The van der Waals surface area contributed by atoms with Crippen LogP contribution in [0.4, 0.5) is 0 Å². The second kappa shape index (κ2) is 8.14. The molecule has 0 saturated heterocycles. The van der Waals surface area contributed by atoms with Crippen LogP contribution < -0.4 is 4.74 Å². The minimum Gasteiger partial charge on any atom is -0.497 e. The third kappa shape index (κ3) is 3.67. The van der Waals surface area contributed by atoms with Gasteiger partial charge >= 0.3 is 5.97 Å². The molecular weight excluding hydrogens is 380 g/mol. The third-order valence-electron chi connectivity index (χ3n) is 5.10. The first-order chi connectivity index (χ1) is 13.4. The lowest BCUT2D eigenvalue weighted by molar-refractivity contribution is -0.145. The predicted molar refractivity (Wildman–Crippen MR) is 103 cm³/mol. The molecule has 0 atom stereocenters. The van der Waals surface area contributed by atoms with Crippen molar-refractivity contribution in [3.63, 3.8) is 0 Å². The van der Waals surface area contributed by atoms with E-state index in [4.69, 9.17) is 9.47 Å². The summed E-state index contributed by atoms with van der Waals surface area (Å²) in [4.78, 5) is 25.3. The van der Waals surface area contributed by atoms with E-state index in [1.54, 1.807) is 42.5 Å². The van der Waals surface area contributed by atoms with Crippen LogP contribution in [0.2, 0.25) is 0 Å². The van der Waals surface area contributed by atoms with E-state index in [1.807, 2.05) is 0 Å². The standard InChI is InChI=1S/C21H22O6S/c1-26-17-11-9-16(10-12-17)19(22)15-27-20(23)21(13-5-6-14-21)28(24,25)18-7-3-2-4-8-18/h2-4,7-12H,5-6,13-15H2,1H3. The number of rotatable bonds is 7. The number of esters is 1. The summed E-state index contributed by atoms with van der Waals surface area (Å²) in [5.74, 6) is -0.649. The van der Waals surface area contributed by atoms with Crippen LogP contribution in [0.1, 0.15) is 36.0 Å². The van der Waals surface area contributed by atoms with E-state index >= 15 is 0 Å². The summed E-state index contributed by atoms with van der Waals surface area (Å²) in [6.07, 6.45) is 1.63. The van der Waals surface area contributed by atoms with Crippen molar-refractivity contribution >= 4 is 21.6 Å². The Morgan fingerprint density at radius 2 is 1.57 bits per heavy atom. The van der Waals surface area contributed by atoms with Crippen molar-refractivity contribution in [2.75, 3.05) is 13.7 Å². The summed E-state index contributed by atoms with van der Waals surface area (Å²) in [6, 6.07) is 14.3. The number of hydrogen-bond acceptors (Lipinski definition) is 6. The molecule has 1 aliphatic carbocycles. The van der Waals surface area contributed by atoms with Gasteiger partial charge in [-0.2, -0.15) is 0 Å². The van der Waals surface area contributed by atoms with Gasteiger partial charge in [-0.3, -0.25) is 9.59 Å². The second-order valence-corrected chi connectivity index (χ2v) is 9.01. The molecule has 2 aromatic carbocycles. The predicted octanol–water partition coefficient (Wildman–Crippen LogP) is 3.21. The largest absolute Gasteiger partial charge is 0.497 e. The first-order valence-electron chi connectivity index (χ1n) is 9.05. The van der Waals surface area contributed by atoms with Gasteiger partial charge in [0, 0.05) is 5.56 Å². The maximum absolute atomic E-state index is 13.2. The smallest absolute Gasteiger partial charge is 0.328 e. The molecule has 28 heavy (non-hydrogen) atoms. The first-order valence-corrected chi connectivity index (χ1v) is 10.5. The molecule has 2 aromatic rings. The first kappa shape index (κ1) is 20.1. The van der Waals surface area contributed by atoms with Gasteiger partial charge in [-0.05, 0) is 49.2 Å². The lowest BCUT2D eigenvalue weighted by Crippen LogP contribution is -2.45. The van der Waals surface area contributed by atoms with E-state index < -0.39 is 32.9 Å². The minimum absolute atomic E-state index is 0.0929. The Bertz CT molecular complexity index is 942. The average Bonchev–Trinajstić information content (AvgIpc) is 3.24. The van der Waals surface area contributed by atoms with Gasteiger partial charge < -0.3 is 9.47 Å². The van der Waals surface area contributed by atoms with E-state index in [-0.39, 0.29) is 17.7 Å². The van der Waals surface area contributed by atoms with Gasteiger partial charge in [0.25, 0.3) is 0 Å². The Morgan fingerprint density at radius 1 is 0.964 bits per heavy atom. The summed E-state index contributed by atoms with van der Waals surface area (Å²) >= 11 is 0. The van der Waals surface area contributed by atoms with Crippen molar-refractivity contribution in [2.45, 2.75) is 35.3 Å². The van der Waals surface area contributed by atoms with Crippen molar-refractivity contribution in [2.24, 2.45) is 0 Å². The molecule has 0 N–H and O–H groups in total. The Morgan fingerprint density at radius 3 is 2.14 bits per heavy atom. The highest BCUT2D eigenvalue weighted by atomic mass is 32.2. The average molecular weight is 402 g/mol. The molecule has 1 fully saturated rings. The monoisotopic (exact) mass is 402 g/mol. The number of carbonyl (C=O) groups is 2. The maximum atomic E-state index is 13.2. The number of Topliss-reactive ketones (excluding diaryl/α,β-unsaturated/α-hetero) is 1. The molecule has 0 heterocycles. The van der Waals surface area contributed by atoms with Crippen molar-refractivity contribution in [1.29, 1.82) is 0 Å². The normalized spacial score (nSPS) is 15.8. The van der Waals surface area contributed by atoms with Gasteiger partial charge in [-0.25, -0.2) is 8.42 Å². The molecule has 0 unspecified atom stereocenters. The summed E-state index contributed by atoms with van der Waals surface area (Å²) in [5.41, 5.74) is 0.361. The van der Waals surface area contributed by atoms with Gasteiger partial charge in [0.15, 0.2) is 27.0 Å². The molecule has 0 spiro atoms. The Hall–Kier alpha value is -2.67. The van der Waals surface area contributed by atoms with E-state index in [9.17, 15) is 18.0 Å². The molecule has 0 aromatic heterocycles. The SMILES string of the molecule is COc1ccc(C(=O)COC(=O)C2(S(=O)(=O)c3ccccc3)CCCC2)cc1. The number of hydrogen-bond donors (Lipinski definition) is 0. The molecule has 148 valence electrons. The van der Waals surface area contributed by atoms with Crippen LogP contribution in [0.3, 0.4) is 0 Å². The number of carbonyl (C=O) groups excluding carboxylic acids is 2. The fourth-order valence-electron chi connectivity index (χ4n) is 3.48. The van der Waals surface area contributed by atoms with Crippen LogP contribution in [0.15, 0.2) is 59.5 Å². The second-order valence-electron chi connectivity index (χ2n) is 6.75. The molecular formula is C21H22O6S. The highest BCUT2D eigenvalue weighted by Crippen LogP contribution is 2.41. The zero-order valence-electron chi connectivity index (χ0n) is 15.6. The van der Waals surface area contributed by atoms with E-state index in [1.165, 1.54) is 19.2 Å². The fourth-order valence-corrected chi connectivity index (χ4v) is 5.55. The molecule has 0 radical (unpaired) electrons. The summed E-state index contributed by atoms with van der Waals surface area (Å²) in [6.45, 7) is -0.503. The van der Waals surface area contributed by atoms with Gasteiger partial charge in [0.1, 0.15) is 5.75 Å². The molecule has 3 rings (SSSR count). The summed E-state index contributed by atoms with van der Waals surface area (Å²) < 4.78 is 35.0. The van der Waals surface area contributed by atoms with E-state index in [2.05, 4.69) is 0 Å². The van der Waals surface area contributed by atoms with Crippen LogP contribution in [-0.2, 0) is 19.4 Å². The number of methoxy groups -OCH3 is 1. The number of ether oxygens (including phenoxy) is 2. The lowest BCUT2D eigenvalue weighted by Gasteiger charge is -2.26. The Kier molecular flexibility index (Phi) is 5.84. The molecule has 0 aliphatic heterocycles. The highest BCUT2D eigenvalue weighted by molar-refractivity contribution is 7.93. The van der Waals surface area contributed by atoms with Crippen molar-refractivity contribution in [3.05, 3.63) is 60.2 Å². The molecule has 7 heteroatoms. The number of sulfone groups is 1. The van der Waals surface area contributed by atoms with Gasteiger partial charge in [0.05, 0.1) is 12.0 Å². The highest BCUT2D eigenvalue weighted by Gasteiger charge is 2.54. The fraction of sp³-hybridized carbons (Fsp3) is 0.333. The van der Waals surface area contributed by atoms with Crippen LogP contribution in [-0.4, -0.2) is 38.6 Å². The number of benzene rings is 2. The van der Waals surface area contributed by atoms with Gasteiger partial charge in [-0.1, -0.05) is 31.0 Å². The molecule has 1 aliphatic rings. The van der Waals surface area contributed by atoms with E-state index in [0.29, 0.717) is 24.2 Å². The maximum Gasteiger partial charge on any atom is 0.328 e. The van der Waals surface area contributed by atoms with Gasteiger partial charge in [-0.15, -0.1) is 0 Å². The molecule has 0 bridgehead atoms. The molecule has 6 nitrogen and oxygen atoms in total. The van der Waals surface area contributed by atoms with Crippen LogP contribution in [0.5, 0.6) is 5.75 Å². The quantitative estimate of drug-likeness (QED) is 0.522. The lowest BCUT2D eigenvalue weighted by atomic mass is 10.1. The number of ketones is 1. The molecule has 0 amide bonds. The summed E-state index contributed by atoms with van der Waals surface area (Å²) in [7, 11) is -2.40. The summed E-state index contributed by atoms with van der Waals surface area (Å²) in [5, 5.41) is 0. The Labute approximate surface area is 164 Å². The molecule has 1 saturated carbocycles. The van der Waals surface area contributed by atoms with E-state index in [0.717, 1.165) is 0 Å². The van der Waals surface area contributed by atoms with Gasteiger partial charge in [0.2, 0.25) is 0 Å². The zero-order chi connectivity index (χ0) is 20.2. The van der Waals surface area contributed by atoms with Crippen molar-refractivity contribution in [1.82, 2.24) is 0 Å². The van der Waals surface area contributed by atoms with Crippen LogP contribution in [0.25, 0.3) is 0 Å². The van der Waals surface area contributed by atoms with Crippen molar-refractivity contribution in [3.8, 4) is 5.75 Å². The zero-order valence-corrected chi connectivity index (χ0v) is 16.4.